The number of fused-ring (bicyclic) bond motifs is 1. The van der Waals surface area contributed by atoms with Crippen molar-refractivity contribution in [1.82, 2.24) is 25.5 Å². The van der Waals surface area contributed by atoms with E-state index in [0.717, 1.165) is 0 Å². The Bertz CT molecular complexity index is 885. The molecule has 1 N–H and O–H groups in total. The van der Waals surface area contributed by atoms with Crippen LogP contribution in [0.15, 0.2) is 22.6 Å². The number of carbonyl (C=O) groups excluding carboxylic acids is 1. The molecule has 126 valence electrons. The molecule has 3 aromatic rings. The number of H-pyrrole nitrogens is 1. The van der Waals surface area contributed by atoms with E-state index < -0.39 is 11.2 Å². The summed E-state index contributed by atoms with van der Waals surface area (Å²) in [5.74, 6) is -0.153. The van der Waals surface area contributed by atoms with Crippen molar-refractivity contribution >= 4 is 16.9 Å². The summed E-state index contributed by atoms with van der Waals surface area (Å²) in [6, 6.07) is 4.64. The van der Waals surface area contributed by atoms with E-state index in [4.69, 9.17) is 4.42 Å². The largest absolute Gasteiger partial charge is 0.448 e. The SMILES string of the molecule is Cc1c(C(=O)N(C)CC(C)(C)c2nn[nH]n2)oc2c(F)cccc12. The van der Waals surface area contributed by atoms with Crippen molar-refractivity contribution in [3.05, 3.63) is 41.2 Å². The van der Waals surface area contributed by atoms with E-state index in [1.165, 1.54) is 11.0 Å². The van der Waals surface area contributed by atoms with Crippen LogP contribution in [0.4, 0.5) is 4.39 Å². The zero-order valence-electron chi connectivity index (χ0n) is 13.9. The summed E-state index contributed by atoms with van der Waals surface area (Å²) in [4.78, 5) is 14.3. The summed E-state index contributed by atoms with van der Waals surface area (Å²) in [7, 11) is 1.66. The third-order valence-electron chi connectivity index (χ3n) is 4.04. The molecule has 8 heteroatoms. The molecule has 2 heterocycles. The minimum atomic E-state index is -0.497. The molecule has 3 rings (SSSR count). The minimum Gasteiger partial charge on any atom is -0.448 e. The molecule has 7 nitrogen and oxygen atoms in total. The Morgan fingerprint density at radius 2 is 2.17 bits per heavy atom. The second-order valence-corrected chi connectivity index (χ2v) is 6.45. The molecule has 2 aromatic heterocycles. The molecule has 0 saturated heterocycles. The molecule has 1 amide bonds. The molecule has 0 aliphatic rings. The second kappa shape index (κ2) is 5.70. The standard InChI is InChI=1S/C16H18FN5O2/c1-9-10-6-5-7-11(17)13(10)24-12(9)14(23)22(4)8-16(2,3)15-18-20-21-19-15/h5-7H,8H2,1-4H3,(H,18,19,20,21). The molecule has 0 atom stereocenters. The number of para-hydroxylation sites is 1. The van der Waals surface area contributed by atoms with Crippen LogP contribution in [-0.2, 0) is 5.41 Å². The number of rotatable bonds is 4. The normalized spacial score (nSPS) is 11.9. The number of furan rings is 1. The van der Waals surface area contributed by atoms with Crippen molar-refractivity contribution < 1.29 is 13.6 Å². The van der Waals surface area contributed by atoms with Gasteiger partial charge < -0.3 is 9.32 Å². The number of carbonyl (C=O) groups is 1. The van der Waals surface area contributed by atoms with Crippen LogP contribution in [0.3, 0.4) is 0 Å². The van der Waals surface area contributed by atoms with Crippen molar-refractivity contribution in [2.45, 2.75) is 26.2 Å². The minimum absolute atomic E-state index is 0.101. The van der Waals surface area contributed by atoms with Crippen molar-refractivity contribution in [1.29, 1.82) is 0 Å². The molecule has 0 aliphatic heterocycles. The van der Waals surface area contributed by atoms with Gasteiger partial charge in [-0.3, -0.25) is 4.79 Å². The Kier molecular flexibility index (Phi) is 3.82. The van der Waals surface area contributed by atoms with Crippen LogP contribution in [0, 0.1) is 12.7 Å². The van der Waals surface area contributed by atoms with Gasteiger partial charge in [-0.2, -0.15) is 5.21 Å². The van der Waals surface area contributed by atoms with Crippen LogP contribution in [0.2, 0.25) is 0 Å². The number of aromatic nitrogens is 4. The molecule has 1 aromatic carbocycles. The Morgan fingerprint density at radius 1 is 1.42 bits per heavy atom. The fourth-order valence-electron chi connectivity index (χ4n) is 2.77. The summed E-state index contributed by atoms with van der Waals surface area (Å²) in [6.07, 6.45) is 0. The van der Waals surface area contributed by atoms with Crippen LogP contribution < -0.4 is 0 Å². The van der Waals surface area contributed by atoms with Gasteiger partial charge in [0.25, 0.3) is 5.91 Å². The lowest BCUT2D eigenvalue weighted by Crippen LogP contribution is -2.39. The van der Waals surface area contributed by atoms with Crippen LogP contribution >= 0.6 is 0 Å². The number of aryl methyl sites for hydroxylation is 1. The third-order valence-corrected chi connectivity index (χ3v) is 4.04. The Balaban J connectivity index is 1.89. The summed E-state index contributed by atoms with van der Waals surface area (Å²) in [5.41, 5.74) is 0.227. The average molecular weight is 331 g/mol. The van der Waals surface area contributed by atoms with Crippen LogP contribution in [-0.4, -0.2) is 45.0 Å². The second-order valence-electron chi connectivity index (χ2n) is 6.45. The number of nitrogens with zero attached hydrogens (tertiary/aromatic N) is 4. The maximum Gasteiger partial charge on any atom is 0.289 e. The number of halogens is 1. The highest BCUT2D eigenvalue weighted by Crippen LogP contribution is 2.28. The van der Waals surface area contributed by atoms with Crippen molar-refractivity contribution in [2.75, 3.05) is 13.6 Å². The summed E-state index contributed by atoms with van der Waals surface area (Å²) >= 11 is 0. The van der Waals surface area contributed by atoms with Crippen molar-refractivity contribution in [3.8, 4) is 0 Å². The van der Waals surface area contributed by atoms with Gasteiger partial charge in [0.15, 0.2) is 23.0 Å². The molecule has 0 radical (unpaired) electrons. The maximum absolute atomic E-state index is 13.9. The van der Waals surface area contributed by atoms with E-state index in [9.17, 15) is 9.18 Å². The monoisotopic (exact) mass is 331 g/mol. The van der Waals surface area contributed by atoms with Gasteiger partial charge in [0.1, 0.15) is 0 Å². The molecule has 0 bridgehead atoms. The summed E-state index contributed by atoms with van der Waals surface area (Å²) in [5, 5.41) is 14.5. The van der Waals surface area contributed by atoms with Gasteiger partial charge in [-0.05, 0) is 13.0 Å². The number of hydrogen-bond acceptors (Lipinski definition) is 5. The quantitative estimate of drug-likeness (QED) is 0.793. The van der Waals surface area contributed by atoms with Gasteiger partial charge in [0, 0.05) is 30.0 Å². The Hall–Kier alpha value is -2.77. The first-order valence-electron chi connectivity index (χ1n) is 7.48. The lowest BCUT2D eigenvalue weighted by atomic mass is 9.92. The van der Waals surface area contributed by atoms with Gasteiger partial charge >= 0.3 is 0 Å². The van der Waals surface area contributed by atoms with Crippen LogP contribution in [0.25, 0.3) is 11.0 Å². The molecule has 0 fully saturated rings. The van der Waals surface area contributed by atoms with Gasteiger partial charge in [-0.25, -0.2) is 4.39 Å². The van der Waals surface area contributed by atoms with Crippen molar-refractivity contribution in [2.24, 2.45) is 0 Å². The number of amides is 1. The predicted molar refractivity (Wildman–Crippen MR) is 85.1 cm³/mol. The van der Waals surface area contributed by atoms with E-state index >= 15 is 0 Å². The average Bonchev–Trinajstić information content (AvgIpc) is 3.16. The maximum atomic E-state index is 13.9. The smallest absolute Gasteiger partial charge is 0.289 e. The van der Waals surface area contributed by atoms with Crippen molar-refractivity contribution in [3.63, 3.8) is 0 Å². The van der Waals surface area contributed by atoms with Crippen LogP contribution in [0.5, 0.6) is 0 Å². The molecule has 0 saturated carbocycles. The number of aromatic amines is 1. The lowest BCUT2D eigenvalue weighted by molar-refractivity contribution is 0.0735. The van der Waals surface area contributed by atoms with Gasteiger partial charge in [0.2, 0.25) is 0 Å². The first-order chi connectivity index (χ1) is 11.3. The summed E-state index contributed by atoms with van der Waals surface area (Å²) < 4.78 is 19.4. The molecule has 0 spiro atoms. The Morgan fingerprint density at radius 3 is 2.79 bits per heavy atom. The highest BCUT2D eigenvalue weighted by Gasteiger charge is 2.31. The van der Waals surface area contributed by atoms with E-state index in [1.54, 1.807) is 26.1 Å². The van der Waals surface area contributed by atoms with Gasteiger partial charge in [0.05, 0.1) is 0 Å². The van der Waals surface area contributed by atoms with E-state index in [1.807, 2.05) is 13.8 Å². The van der Waals surface area contributed by atoms with E-state index in [2.05, 4.69) is 20.6 Å². The third kappa shape index (κ3) is 2.64. The highest BCUT2D eigenvalue weighted by molar-refractivity contribution is 5.98. The molecular formula is C16H18FN5O2. The fraction of sp³-hybridized carbons (Fsp3) is 0.375. The highest BCUT2D eigenvalue weighted by atomic mass is 19.1. The lowest BCUT2D eigenvalue weighted by Gasteiger charge is -2.27. The van der Waals surface area contributed by atoms with E-state index in [0.29, 0.717) is 23.3 Å². The zero-order valence-corrected chi connectivity index (χ0v) is 13.9. The van der Waals surface area contributed by atoms with Gasteiger partial charge in [-0.1, -0.05) is 31.2 Å². The fourth-order valence-corrected chi connectivity index (χ4v) is 2.77. The number of benzene rings is 1. The first-order valence-corrected chi connectivity index (χ1v) is 7.48. The topological polar surface area (TPSA) is 87.9 Å². The number of likely N-dealkylation sites (N-methyl/N-ethyl adjacent to an activating group) is 1. The van der Waals surface area contributed by atoms with Crippen LogP contribution in [0.1, 0.15) is 35.8 Å². The molecule has 0 aliphatic carbocycles. The predicted octanol–water partition coefficient (Wildman–Crippen LogP) is 2.44. The molecular weight excluding hydrogens is 313 g/mol. The number of tetrazole rings is 1. The zero-order chi connectivity index (χ0) is 17.5. The number of hydrogen-bond donors (Lipinski definition) is 1. The number of nitrogens with one attached hydrogen (secondary N) is 1. The van der Waals surface area contributed by atoms with Gasteiger partial charge in [-0.15, -0.1) is 10.2 Å². The van der Waals surface area contributed by atoms with E-state index in [-0.39, 0.29) is 17.3 Å². The molecule has 0 unspecified atom stereocenters. The first kappa shape index (κ1) is 16.1. The summed E-state index contributed by atoms with van der Waals surface area (Å²) in [6.45, 7) is 5.92. The Labute approximate surface area is 137 Å². The molecule has 24 heavy (non-hydrogen) atoms.